The lowest BCUT2D eigenvalue weighted by atomic mass is 9.86. The zero-order chi connectivity index (χ0) is 28.4. The molecular formula is C27H30F3N3O6. The third-order valence-corrected chi connectivity index (χ3v) is 6.62. The molecule has 0 unspecified atom stereocenters. The normalized spacial score (nSPS) is 17.5. The number of carbonyl (C=O) groups excluding carboxylic acids is 2. The van der Waals surface area contributed by atoms with E-state index in [-0.39, 0.29) is 44.6 Å². The summed E-state index contributed by atoms with van der Waals surface area (Å²) in [7, 11) is 4.50. The van der Waals surface area contributed by atoms with Gasteiger partial charge in [-0.05, 0) is 35.4 Å². The fourth-order valence-corrected chi connectivity index (χ4v) is 4.93. The van der Waals surface area contributed by atoms with E-state index >= 15 is 0 Å². The molecule has 0 spiro atoms. The van der Waals surface area contributed by atoms with Gasteiger partial charge in [-0.15, -0.1) is 0 Å². The molecule has 0 aliphatic carbocycles. The molecule has 2 aliphatic rings. The highest BCUT2D eigenvalue weighted by Crippen LogP contribution is 2.43. The maximum atomic E-state index is 13.4. The Hall–Kier alpha value is -3.61. The first-order valence-electron chi connectivity index (χ1n) is 12.2. The van der Waals surface area contributed by atoms with Crippen molar-refractivity contribution in [2.24, 2.45) is 0 Å². The molecule has 9 nitrogen and oxygen atoms in total. The monoisotopic (exact) mass is 549 g/mol. The van der Waals surface area contributed by atoms with Crippen molar-refractivity contribution in [3.8, 4) is 5.75 Å². The molecule has 4 rings (SSSR count). The van der Waals surface area contributed by atoms with Crippen LogP contribution in [0.15, 0.2) is 42.5 Å². The summed E-state index contributed by atoms with van der Waals surface area (Å²) in [5, 5.41) is 12.0. The molecule has 0 saturated carbocycles. The summed E-state index contributed by atoms with van der Waals surface area (Å²) in [6.07, 6.45) is -3.09. The first-order valence-corrected chi connectivity index (χ1v) is 12.2. The van der Waals surface area contributed by atoms with E-state index in [1.807, 2.05) is 0 Å². The second kappa shape index (κ2) is 11.2. The molecule has 2 aromatic carbocycles. The largest absolute Gasteiger partial charge is 0.481 e. The van der Waals surface area contributed by atoms with Crippen LogP contribution in [0.4, 0.5) is 29.3 Å². The maximum Gasteiger partial charge on any atom is 0.416 e. The number of hydrogen-bond acceptors (Lipinski definition) is 6. The molecule has 0 saturated heterocycles. The molecule has 2 aromatic rings. The van der Waals surface area contributed by atoms with Crippen molar-refractivity contribution in [2.75, 3.05) is 57.8 Å². The van der Waals surface area contributed by atoms with Crippen molar-refractivity contribution >= 4 is 28.9 Å². The topological polar surface area (TPSA) is 101 Å². The Bertz CT molecular complexity index is 1270. The van der Waals surface area contributed by atoms with Gasteiger partial charge in [0.15, 0.2) is 5.60 Å². The number of fused-ring (bicyclic) bond motifs is 2. The number of aliphatic hydroxyl groups excluding tert-OH is 1. The first-order chi connectivity index (χ1) is 18.5. The van der Waals surface area contributed by atoms with Crippen molar-refractivity contribution < 1.29 is 42.1 Å². The molecule has 0 radical (unpaired) electrons. The van der Waals surface area contributed by atoms with Gasteiger partial charge in [0.25, 0.3) is 0 Å². The zero-order valence-corrected chi connectivity index (χ0v) is 21.8. The van der Waals surface area contributed by atoms with Gasteiger partial charge in [-0.2, -0.15) is 13.2 Å². The lowest BCUT2D eigenvalue weighted by Crippen LogP contribution is -2.47. The molecule has 12 heteroatoms. The van der Waals surface area contributed by atoms with Crippen LogP contribution in [0.1, 0.15) is 23.1 Å². The van der Waals surface area contributed by atoms with Gasteiger partial charge in [-0.1, -0.05) is 12.1 Å². The molecule has 2 heterocycles. The Morgan fingerprint density at radius 1 is 1.18 bits per heavy atom. The average molecular weight is 550 g/mol. The molecule has 0 fully saturated rings. The molecular weight excluding hydrogens is 519 g/mol. The SMILES string of the molecule is COCC1(COC)C/C(=C\C(=O)Nc2ccc3c(c2)N(C)C(=O)N(CCO)C3)c2ccc(C(F)(F)F)cc2O1. The first kappa shape index (κ1) is 28.4. The molecule has 2 aliphatic heterocycles. The number of urea groups is 1. The Balaban J connectivity index is 1.64. The van der Waals surface area contributed by atoms with Crippen molar-refractivity contribution in [1.29, 1.82) is 0 Å². The summed E-state index contributed by atoms with van der Waals surface area (Å²) >= 11 is 0. The number of ether oxygens (including phenoxy) is 3. The second-order valence-corrected chi connectivity index (χ2v) is 9.53. The molecule has 2 N–H and O–H groups in total. The number of nitrogens with zero attached hydrogens (tertiary/aromatic N) is 2. The van der Waals surface area contributed by atoms with Crippen molar-refractivity contribution in [2.45, 2.75) is 24.7 Å². The fraction of sp³-hybridized carbons (Fsp3) is 0.407. The summed E-state index contributed by atoms with van der Waals surface area (Å²) in [5.74, 6) is -0.529. The van der Waals surface area contributed by atoms with E-state index < -0.39 is 23.2 Å². The third-order valence-electron chi connectivity index (χ3n) is 6.62. The fourth-order valence-electron chi connectivity index (χ4n) is 4.93. The van der Waals surface area contributed by atoms with Crippen molar-refractivity contribution in [3.05, 3.63) is 59.2 Å². The molecule has 0 aromatic heterocycles. The Morgan fingerprint density at radius 2 is 1.90 bits per heavy atom. The van der Waals surface area contributed by atoms with E-state index in [1.165, 1.54) is 36.2 Å². The highest BCUT2D eigenvalue weighted by Gasteiger charge is 2.41. The average Bonchev–Trinajstić information content (AvgIpc) is 2.87. The summed E-state index contributed by atoms with van der Waals surface area (Å²) in [6.45, 7) is 0.425. The van der Waals surface area contributed by atoms with Crippen LogP contribution in [-0.2, 0) is 27.0 Å². The number of anilines is 2. The van der Waals surface area contributed by atoms with Crippen LogP contribution in [-0.4, -0.2) is 75.2 Å². The lowest BCUT2D eigenvalue weighted by Gasteiger charge is -2.39. The predicted molar refractivity (Wildman–Crippen MR) is 138 cm³/mol. The van der Waals surface area contributed by atoms with Gasteiger partial charge in [0, 0.05) is 58.1 Å². The summed E-state index contributed by atoms with van der Waals surface area (Å²) in [6, 6.07) is 8.04. The number of benzene rings is 2. The number of halogens is 3. The lowest BCUT2D eigenvalue weighted by molar-refractivity contribution is -0.138. The van der Waals surface area contributed by atoms with E-state index in [2.05, 4.69) is 5.32 Å². The minimum atomic E-state index is -4.57. The number of amides is 3. The number of aliphatic hydroxyl groups is 1. The number of carbonyl (C=O) groups is 2. The number of methoxy groups -OCH3 is 2. The molecule has 210 valence electrons. The van der Waals surface area contributed by atoms with Gasteiger partial charge in [0.2, 0.25) is 5.91 Å². The smallest absolute Gasteiger partial charge is 0.416 e. The van der Waals surface area contributed by atoms with Gasteiger partial charge >= 0.3 is 12.2 Å². The van der Waals surface area contributed by atoms with Gasteiger partial charge in [0.1, 0.15) is 5.75 Å². The standard InChI is InChI=1S/C27H30F3N3O6/c1-32-22-12-20(6-4-17(22)14-33(8-9-34)25(32)36)31-24(35)10-18-13-26(15-37-2,16-38-3)39-23-11-19(27(28,29)30)5-7-21(18)23/h4-7,10-12,34H,8-9,13-16H2,1-3H3,(H,31,35)/b18-10+. The highest BCUT2D eigenvalue weighted by atomic mass is 19.4. The maximum absolute atomic E-state index is 13.4. The number of hydrogen-bond donors (Lipinski definition) is 2. The van der Waals surface area contributed by atoms with Gasteiger partial charge < -0.3 is 29.5 Å². The minimum absolute atomic E-state index is 0.0218. The highest BCUT2D eigenvalue weighted by molar-refractivity contribution is 6.05. The quantitative estimate of drug-likeness (QED) is 0.485. The number of β-amino-alcohol motifs (C(OH)–C–C–N with tert-alkyl or cyclic N) is 1. The summed E-state index contributed by atoms with van der Waals surface area (Å²) < 4.78 is 56.8. The minimum Gasteiger partial charge on any atom is -0.481 e. The van der Waals surface area contributed by atoms with E-state index in [4.69, 9.17) is 14.2 Å². The molecule has 3 amide bonds. The summed E-state index contributed by atoms with van der Waals surface area (Å²) in [5.41, 5.74) is 0.718. The Labute approximate surface area is 223 Å². The van der Waals surface area contributed by atoms with Crippen LogP contribution < -0.4 is 15.0 Å². The molecule has 0 bridgehead atoms. The van der Waals surface area contributed by atoms with E-state index in [1.54, 1.807) is 25.2 Å². The van der Waals surface area contributed by atoms with Gasteiger partial charge in [-0.25, -0.2) is 4.79 Å². The van der Waals surface area contributed by atoms with Crippen LogP contribution in [0, 0.1) is 0 Å². The van der Waals surface area contributed by atoms with Gasteiger partial charge in [0.05, 0.1) is 31.1 Å². The van der Waals surface area contributed by atoms with Gasteiger partial charge in [-0.3, -0.25) is 9.69 Å². The van der Waals surface area contributed by atoms with Crippen LogP contribution in [0.25, 0.3) is 5.57 Å². The third kappa shape index (κ3) is 6.02. The van der Waals surface area contributed by atoms with E-state index in [0.717, 1.165) is 17.7 Å². The molecule has 39 heavy (non-hydrogen) atoms. The molecule has 0 atom stereocenters. The van der Waals surface area contributed by atoms with Crippen LogP contribution in [0.2, 0.25) is 0 Å². The Kier molecular flexibility index (Phi) is 8.19. The predicted octanol–water partition coefficient (Wildman–Crippen LogP) is 3.91. The number of rotatable bonds is 8. The Morgan fingerprint density at radius 3 is 2.54 bits per heavy atom. The number of alkyl halides is 3. The van der Waals surface area contributed by atoms with E-state index in [9.17, 15) is 27.9 Å². The van der Waals surface area contributed by atoms with Crippen LogP contribution >= 0.6 is 0 Å². The van der Waals surface area contributed by atoms with Crippen molar-refractivity contribution in [1.82, 2.24) is 4.90 Å². The summed E-state index contributed by atoms with van der Waals surface area (Å²) in [4.78, 5) is 28.7. The van der Waals surface area contributed by atoms with Crippen molar-refractivity contribution in [3.63, 3.8) is 0 Å². The second-order valence-electron chi connectivity index (χ2n) is 9.53. The van der Waals surface area contributed by atoms with E-state index in [0.29, 0.717) is 29.1 Å². The zero-order valence-electron chi connectivity index (χ0n) is 21.8. The van der Waals surface area contributed by atoms with Crippen LogP contribution in [0.3, 0.4) is 0 Å². The van der Waals surface area contributed by atoms with Crippen LogP contribution in [0.5, 0.6) is 5.75 Å². The number of nitrogens with one attached hydrogen (secondary N) is 1.